The molecule has 0 saturated carbocycles. The van der Waals surface area contributed by atoms with Gasteiger partial charge in [-0.15, -0.1) is 11.8 Å². The quantitative estimate of drug-likeness (QED) is 0.365. The van der Waals surface area contributed by atoms with Crippen molar-refractivity contribution in [3.63, 3.8) is 0 Å². The van der Waals surface area contributed by atoms with Crippen molar-refractivity contribution in [1.29, 1.82) is 0 Å². The molecule has 22 heavy (non-hydrogen) atoms. The largest absolute Gasteiger partial charge is 0.368 e. The van der Waals surface area contributed by atoms with Crippen LogP contribution in [-0.2, 0) is 4.74 Å². The highest BCUT2D eigenvalue weighted by molar-refractivity contribution is 8.03. The fourth-order valence-corrected chi connectivity index (χ4v) is 5.86. The number of thioether (sulfide) groups is 1. The van der Waals surface area contributed by atoms with Gasteiger partial charge in [-0.25, -0.2) is 8.97 Å². The number of hydrogen-bond acceptors (Lipinski definition) is 5. The molecule has 0 amide bonds. The van der Waals surface area contributed by atoms with E-state index >= 15 is 0 Å². The van der Waals surface area contributed by atoms with E-state index in [9.17, 15) is 9.18 Å². The first kappa shape index (κ1) is 15.9. The molecule has 0 spiro atoms. The van der Waals surface area contributed by atoms with Gasteiger partial charge in [0.05, 0.1) is 9.96 Å². The van der Waals surface area contributed by atoms with Gasteiger partial charge >= 0.3 is 0 Å². The van der Waals surface area contributed by atoms with Crippen LogP contribution in [0.4, 0.5) is 4.39 Å². The molecule has 1 aromatic carbocycles. The number of halogens is 1. The minimum Gasteiger partial charge on any atom is -0.368 e. The van der Waals surface area contributed by atoms with E-state index in [1.54, 1.807) is 32.4 Å². The molecule has 0 atom stereocenters. The molecule has 3 rings (SSSR count). The molecule has 116 valence electrons. The van der Waals surface area contributed by atoms with Crippen LogP contribution in [0.25, 0.3) is 0 Å². The van der Waals surface area contributed by atoms with Crippen molar-refractivity contribution < 1.29 is 13.9 Å². The predicted octanol–water partition coefficient (Wildman–Crippen LogP) is 2.73. The third-order valence-electron chi connectivity index (χ3n) is 3.28. The summed E-state index contributed by atoms with van der Waals surface area (Å²) in [5.74, 6) is 0.0808. The van der Waals surface area contributed by atoms with Crippen LogP contribution >= 0.6 is 32.4 Å². The van der Waals surface area contributed by atoms with Crippen molar-refractivity contribution in [2.75, 3.05) is 32.1 Å². The highest BCUT2D eigenvalue weighted by Crippen LogP contribution is 2.25. The zero-order valence-corrected chi connectivity index (χ0v) is 14.2. The van der Waals surface area contributed by atoms with Crippen molar-refractivity contribution >= 4 is 38.2 Å². The second-order valence-corrected chi connectivity index (χ2v) is 8.25. The van der Waals surface area contributed by atoms with Crippen LogP contribution in [-0.4, -0.2) is 37.8 Å². The molecule has 1 fully saturated rings. The lowest BCUT2D eigenvalue weighted by molar-refractivity contribution is 0.0971. The standard InChI is InChI=1S/C15H15FNO2S3/c16-12-3-1-11(2-4-12)13(18)10-20-15-9-14(21-22-15)17-5-7-19-8-6-17/h1-4,9H,5-8,10H2/q+1. The van der Waals surface area contributed by atoms with E-state index in [0.29, 0.717) is 11.3 Å². The normalized spacial score (nSPS) is 15.0. The van der Waals surface area contributed by atoms with Crippen LogP contribution in [0.1, 0.15) is 10.4 Å². The Labute approximate surface area is 139 Å². The van der Waals surface area contributed by atoms with Crippen molar-refractivity contribution in [1.82, 2.24) is 4.58 Å². The number of ether oxygens (including phenoxy) is 1. The summed E-state index contributed by atoms with van der Waals surface area (Å²) in [5, 5.41) is 0. The first-order valence-electron chi connectivity index (χ1n) is 6.90. The summed E-state index contributed by atoms with van der Waals surface area (Å²) in [7, 11) is 3.43. The molecule has 1 saturated heterocycles. The first-order chi connectivity index (χ1) is 10.7. The molecule has 0 unspecified atom stereocenters. The van der Waals surface area contributed by atoms with E-state index in [1.165, 1.54) is 28.9 Å². The van der Waals surface area contributed by atoms with Crippen LogP contribution in [0, 0.1) is 5.82 Å². The molecule has 7 heteroatoms. The molecule has 1 aromatic heterocycles. The van der Waals surface area contributed by atoms with Crippen LogP contribution in [0.15, 0.2) is 34.5 Å². The number of nitrogens with zero attached hydrogens (tertiary/aromatic N) is 1. The van der Waals surface area contributed by atoms with E-state index < -0.39 is 0 Å². The van der Waals surface area contributed by atoms with Gasteiger partial charge in [-0.3, -0.25) is 4.79 Å². The van der Waals surface area contributed by atoms with Gasteiger partial charge < -0.3 is 4.74 Å². The lowest BCUT2D eigenvalue weighted by atomic mass is 10.1. The number of Topliss-reactive ketones (excluding diaryl/α,β-unsaturated/α-hetero) is 1. The first-order valence-corrected chi connectivity index (χ1v) is 10.0. The summed E-state index contributed by atoms with van der Waals surface area (Å²) in [4.78, 5) is 12.1. The van der Waals surface area contributed by atoms with Crippen molar-refractivity contribution in [3.05, 3.63) is 46.4 Å². The van der Waals surface area contributed by atoms with Crippen LogP contribution in [0.2, 0.25) is 0 Å². The highest BCUT2D eigenvalue weighted by Gasteiger charge is 2.14. The lowest BCUT2D eigenvalue weighted by Crippen LogP contribution is -2.38. The Morgan fingerprint density at radius 1 is 1.23 bits per heavy atom. The second kappa shape index (κ2) is 7.50. The molecule has 0 bridgehead atoms. The Balaban J connectivity index is 1.63. The molecule has 3 nitrogen and oxygen atoms in total. The zero-order chi connectivity index (χ0) is 15.4. The number of carbonyl (C=O) groups excluding carboxylic acids is 1. The Hall–Kier alpha value is -1.02. The second-order valence-electron chi connectivity index (χ2n) is 4.79. The van der Waals surface area contributed by atoms with E-state index in [0.717, 1.165) is 30.5 Å². The average Bonchev–Trinajstić information content (AvgIpc) is 3.03. The molecular formula is C15H15FNO2S3+. The summed E-state index contributed by atoms with van der Waals surface area (Å²) >= 11 is 1.54. The number of ketones is 1. The molecule has 1 aliphatic rings. The molecule has 0 N–H and O–H groups in total. The number of morpholine rings is 1. The minimum absolute atomic E-state index is 0.0244. The summed E-state index contributed by atoms with van der Waals surface area (Å²) in [6.45, 7) is 3.39. The molecule has 0 radical (unpaired) electrons. The van der Waals surface area contributed by atoms with Crippen molar-refractivity contribution in [2.24, 2.45) is 0 Å². The fourth-order valence-electron chi connectivity index (χ4n) is 2.08. The topological polar surface area (TPSA) is 29.3 Å². The Kier molecular flexibility index (Phi) is 5.41. The van der Waals surface area contributed by atoms with E-state index in [2.05, 4.69) is 10.6 Å². The predicted molar refractivity (Wildman–Crippen MR) is 89.5 cm³/mol. The molecule has 1 aliphatic heterocycles. The van der Waals surface area contributed by atoms with Crippen LogP contribution < -0.4 is 9.25 Å². The van der Waals surface area contributed by atoms with Gasteiger partial charge in [-0.05, 0) is 34.6 Å². The van der Waals surface area contributed by atoms with Crippen molar-refractivity contribution in [3.8, 4) is 0 Å². The van der Waals surface area contributed by atoms with Gasteiger partial charge in [-0.2, -0.15) is 0 Å². The van der Waals surface area contributed by atoms with Crippen molar-refractivity contribution in [2.45, 2.75) is 4.21 Å². The highest BCUT2D eigenvalue weighted by atomic mass is 32.9. The number of carbonyl (C=O) groups is 1. The number of rotatable bonds is 4. The Bertz CT molecular complexity index is 713. The smallest absolute Gasteiger partial charge is 0.268 e. The average molecular weight is 356 g/mol. The van der Waals surface area contributed by atoms with Gasteiger partial charge in [0.1, 0.15) is 19.0 Å². The van der Waals surface area contributed by atoms with E-state index in [-0.39, 0.29) is 11.6 Å². The van der Waals surface area contributed by atoms with Gasteiger partial charge in [0.15, 0.2) is 18.9 Å². The molecule has 2 heterocycles. The molecule has 0 aliphatic carbocycles. The zero-order valence-electron chi connectivity index (χ0n) is 11.8. The Morgan fingerprint density at radius 3 is 2.68 bits per heavy atom. The number of benzene rings is 1. The minimum atomic E-state index is -0.320. The van der Waals surface area contributed by atoms with Gasteiger partial charge in [0.2, 0.25) is 0 Å². The Morgan fingerprint density at radius 2 is 1.95 bits per heavy atom. The SMILES string of the molecule is O=C(CSc1cc(=[N+]2CCOCC2)ss1)c1ccc(F)cc1. The van der Waals surface area contributed by atoms with Crippen LogP contribution in [0.3, 0.4) is 0 Å². The molecular weight excluding hydrogens is 341 g/mol. The van der Waals surface area contributed by atoms with Gasteiger partial charge in [-0.1, -0.05) is 10.3 Å². The van der Waals surface area contributed by atoms with E-state index in [4.69, 9.17) is 4.74 Å². The maximum atomic E-state index is 12.9. The summed E-state index contributed by atoms with van der Waals surface area (Å²) in [5.41, 5.74) is 0.558. The fraction of sp³-hybridized carbons (Fsp3) is 0.333. The maximum absolute atomic E-state index is 12.9. The third kappa shape index (κ3) is 4.04. The lowest BCUT2D eigenvalue weighted by Gasteiger charge is -2.09. The number of hydrogen-bond donors (Lipinski definition) is 0. The maximum Gasteiger partial charge on any atom is 0.268 e. The molecule has 2 aromatic rings. The van der Waals surface area contributed by atoms with Gasteiger partial charge in [0.25, 0.3) is 4.67 Å². The monoisotopic (exact) mass is 356 g/mol. The summed E-state index contributed by atoms with van der Waals surface area (Å²) < 4.78 is 22.9. The summed E-state index contributed by atoms with van der Waals surface area (Å²) in [6, 6.07) is 7.86. The summed E-state index contributed by atoms with van der Waals surface area (Å²) in [6.07, 6.45) is 0. The van der Waals surface area contributed by atoms with Crippen LogP contribution in [0.5, 0.6) is 0 Å². The van der Waals surface area contributed by atoms with Gasteiger partial charge in [0, 0.05) is 11.6 Å². The van der Waals surface area contributed by atoms with E-state index in [1.807, 2.05) is 0 Å². The third-order valence-corrected chi connectivity index (χ3v) is 7.23.